The Kier molecular flexibility index (Phi) is 5.94. The van der Waals surface area contributed by atoms with Crippen molar-refractivity contribution in [3.8, 4) is 0 Å². The first-order valence-corrected chi connectivity index (χ1v) is 7.90. The van der Waals surface area contributed by atoms with E-state index in [1.54, 1.807) is 0 Å². The fraction of sp³-hybridized carbons (Fsp3) is 0.421. The van der Waals surface area contributed by atoms with Crippen molar-refractivity contribution in [2.24, 2.45) is 0 Å². The van der Waals surface area contributed by atoms with E-state index in [2.05, 4.69) is 61.4 Å². The fourth-order valence-corrected chi connectivity index (χ4v) is 2.63. The highest BCUT2D eigenvalue weighted by Gasteiger charge is 2.10. The zero-order valence-corrected chi connectivity index (χ0v) is 13.3. The van der Waals surface area contributed by atoms with Crippen LogP contribution >= 0.6 is 0 Å². The lowest BCUT2D eigenvalue weighted by molar-refractivity contribution is 0.521. The molecule has 21 heavy (non-hydrogen) atoms. The maximum atomic E-state index is 4.21. The summed E-state index contributed by atoms with van der Waals surface area (Å²) in [6.45, 7) is 7.63. The molecule has 0 amide bonds. The average Bonchev–Trinajstić information content (AvgIpc) is 2.49. The Balaban J connectivity index is 2.02. The lowest BCUT2D eigenvalue weighted by Gasteiger charge is -2.18. The molecule has 0 fully saturated rings. The first-order chi connectivity index (χ1) is 10.2. The van der Waals surface area contributed by atoms with Crippen LogP contribution in [0.5, 0.6) is 0 Å². The number of hydrogen-bond acceptors (Lipinski definition) is 2. The van der Waals surface area contributed by atoms with Crippen LogP contribution in [0.4, 0.5) is 0 Å². The number of aromatic nitrogens is 1. The number of hydrogen-bond donors (Lipinski definition) is 1. The molecule has 0 radical (unpaired) electrons. The van der Waals surface area contributed by atoms with Crippen molar-refractivity contribution in [2.75, 3.05) is 6.54 Å². The molecule has 112 valence electrons. The fourth-order valence-electron chi connectivity index (χ4n) is 2.63. The van der Waals surface area contributed by atoms with E-state index in [9.17, 15) is 0 Å². The molecule has 0 spiro atoms. The molecule has 2 heteroatoms. The first kappa shape index (κ1) is 15.7. The number of benzene rings is 1. The molecule has 0 aliphatic heterocycles. The zero-order valence-electron chi connectivity index (χ0n) is 13.3. The SMILES string of the molecule is CCNC(Cc1ccc(C(C)C)cc1)Cc1cccnc1. The number of rotatable bonds is 7. The maximum Gasteiger partial charge on any atom is 0.0300 e. The molecular formula is C19H26N2. The number of pyridine rings is 1. The molecule has 0 aliphatic rings. The summed E-state index contributed by atoms with van der Waals surface area (Å²) >= 11 is 0. The molecule has 2 rings (SSSR count). The van der Waals surface area contributed by atoms with Gasteiger partial charge < -0.3 is 5.32 Å². The van der Waals surface area contributed by atoms with Crippen molar-refractivity contribution in [1.82, 2.24) is 10.3 Å². The van der Waals surface area contributed by atoms with E-state index in [1.807, 2.05) is 18.5 Å². The van der Waals surface area contributed by atoms with Gasteiger partial charge in [0.1, 0.15) is 0 Å². The van der Waals surface area contributed by atoms with Crippen LogP contribution < -0.4 is 5.32 Å². The van der Waals surface area contributed by atoms with E-state index in [-0.39, 0.29) is 0 Å². The van der Waals surface area contributed by atoms with E-state index in [4.69, 9.17) is 0 Å². The van der Waals surface area contributed by atoms with Gasteiger partial charge in [-0.15, -0.1) is 0 Å². The van der Waals surface area contributed by atoms with Gasteiger partial charge in [0.25, 0.3) is 0 Å². The van der Waals surface area contributed by atoms with E-state index < -0.39 is 0 Å². The summed E-state index contributed by atoms with van der Waals surface area (Å²) in [6.07, 6.45) is 5.87. The summed E-state index contributed by atoms with van der Waals surface area (Å²) in [5, 5.41) is 3.59. The Morgan fingerprint density at radius 2 is 1.71 bits per heavy atom. The number of nitrogens with one attached hydrogen (secondary N) is 1. The highest BCUT2D eigenvalue weighted by atomic mass is 14.9. The molecule has 1 unspecified atom stereocenters. The Morgan fingerprint density at radius 1 is 1.00 bits per heavy atom. The minimum atomic E-state index is 0.462. The molecule has 2 aromatic rings. The highest BCUT2D eigenvalue weighted by Crippen LogP contribution is 2.16. The minimum Gasteiger partial charge on any atom is -0.314 e. The Morgan fingerprint density at radius 3 is 2.29 bits per heavy atom. The molecular weight excluding hydrogens is 256 g/mol. The number of nitrogens with zero attached hydrogens (tertiary/aromatic N) is 1. The second-order valence-corrected chi connectivity index (χ2v) is 5.92. The predicted octanol–water partition coefficient (Wildman–Crippen LogP) is 3.97. The van der Waals surface area contributed by atoms with E-state index in [0.29, 0.717) is 12.0 Å². The lowest BCUT2D eigenvalue weighted by Crippen LogP contribution is -2.33. The van der Waals surface area contributed by atoms with Gasteiger partial charge in [-0.05, 0) is 48.1 Å². The van der Waals surface area contributed by atoms with Crippen LogP contribution in [-0.2, 0) is 12.8 Å². The molecule has 1 heterocycles. The van der Waals surface area contributed by atoms with Crippen LogP contribution in [0.25, 0.3) is 0 Å². The lowest BCUT2D eigenvalue weighted by atomic mass is 9.96. The molecule has 1 N–H and O–H groups in total. The van der Waals surface area contributed by atoms with Crippen molar-refractivity contribution in [1.29, 1.82) is 0 Å². The van der Waals surface area contributed by atoms with Gasteiger partial charge in [-0.25, -0.2) is 0 Å². The largest absolute Gasteiger partial charge is 0.314 e. The Hall–Kier alpha value is -1.67. The zero-order chi connectivity index (χ0) is 15.1. The first-order valence-electron chi connectivity index (χ1n) is 7.90. The molecule has 1 aromatic carbocycles. The van der Waals surface area contributed by atoms with Crippen molar-refractivity contribution in [2.45, 2.75) is 45.6 Å². The van der Waals surface area contributed by atoms with Gasteiger partial charge in [-0.3, -0.25) is 4.98 Å². The highest BCUT2D eigenvalue weighted by molar-refractivity contribution is 5.25. The topological polar surface area (TPSA) is 24.9 Å². The van der Waals surface area contributed by atoms with Gasteiger partial charge in [0.2, 0.25) is 0 Å². The molecule has 0 saturated heterocycles. The van der Waals surface area contributed by atoms with E-state index in [1.165, 1.54) is 16.7 Å². The minimum absolute atomic E-state index is 0.462. The second-order valence-electron chi connectivity index (χ2n) is 5.92. The van der Waals surface area contributed by atoms with Crippen molar-refractivity contribution in [3.63, 3.8) is 0 Å². The Bertz CT molecular complexity index is 517. The maximum absolute atomic E-state index is 4.21. The van der Waals surface area contributed by atoms with Gasteiger partial charge in [-0.2, -0.15) is 0 Å². The van der Waals surface area contributed by atoms with Crippen LogP contribution in [0.15, 0.2) is 48.8 Å². The normalized spacial score (nSPS) is 12.6. The molecule has 1 aromatic heterocycles. The summed E-state index contributed by atoms with van der Waals surface area (Å²) in [5.74, 6) is 0.596. The molecule has 1 atom stereocenters. The number of likely N-dealkylation sites (N-methyl/N-ethyl adjacent to an activating group) is 1. The van der Waals surface area contributed by atoms with Crippen LogP contribution in [0.3, 0.4) is 0 Å². The predicted molar refractivity (Wildman–Crippen MR) is 89.6 cm³/mol. The molecule has 0 saturated carbocycles. The summed E-state index contributed by atoms with van der Waals surface area (Å²) in [4.78, 5) is 4.21. The standard InChI is InChI=1S/C19H26N2/c1-4-21-19(13-17-6-5-11-20-14-17)12-16-7-9-18(10-8-16)15(2)3/h5-11,14-15,19,21H,4,12-13H2,1-3H3. The second kappa shape index (κ2) is 7.94. The van der Waals surface area contributed by atoms with Crippen molar-refractivity contribution < 1.29 is 0 Å². The summed E-state index contributed by atoms with van der Waals surface area (Å²) in [5.41, 5.74) is 4.10. The smallest absolute Gasteiger partial charge is 0.0300 e. The third-order valence-corrected chi connectivity index (χ3v) is 3.83. The van der Waals surface area contributed by atoms with Gasteiger partial charge in [-0.1, -0.05) is 51.1 Å². The third kappa shape index (κ3) is 4.98. The molecule has 2 nitrogen and oxygen atoms in total. The van der Waals surface area contributed by atoms with Crippen LogP contribution in [0.1, 0.15) is 43.4 Å². The molecule has 0 aliphatic carbocycles. The van der Waals surface area contributed by atoms with E-state index in [0.717, 1.165) is 19.4 Å². The van der Waals surface area contributed by atoms with Gasteiger partial charge in [0, 0.05) is 18.4 Å². The molecule has 0 bridgehead atoms. The summed E-state index contributed by atoms with van der Waals surface area (Å²) in [6, 6.07) is 13.7. The van der Waals surface area contributed by atoms with Crippen molar-refractivity contribution >= 4 is 0 Å². The van der Waals surface area contributed by atoms with Crippen LogP contribution in [-0.4, -0.2) is 17.6 Å². The van der Waals surface area contributed by atoms with E-state index >= 15 is 0 Å². The summed E-state index contributed by atoms with van der Waals surface area (Å²) in [7, 11) is 0. The van der Waals surface area contributed by atoms with Gasteiger partial charge in [0.15, 0.2) is 0 Å². The quantitative estimate of drug-likeness (QED) is 0.831. The summed E-state index contributed by atoms with van der Waals surface area (Å²) < 4.78 is 0. The van der Waals surface area contributed by atoms with Crippen LogP contribution in [0, 0.1) is 0 Å². The third-order valence-electron chi connectivity index (χ3n) is 3.83. The van der Waals surface area contributed by atoms with Crippen LogP contribution in [0.2, 0.25) is 0 Å². The Labute approximate surface area is 128 Å². The van der Waals surface area contributed by atoms with Gasteiger partial charge >= 0.3 is 0 Å². The average molecular weight is 282 g/mol. The monoisotopic (exact) mass is 282 g/mol. The van der Waals surface area contributed by atoms with Crippen molar-refractivity contribution in [3.05, 3.63) is 65.5 Å². The van der Waals surface area contributed by atoms with Gasteiger partial charge in [0.05, 0.1) is 0 Å².